The van der Waals surface area contributed by atoms with Crippen molar-refractivity contribution in [2.75, 3.05) is 0 Å². The van der Waals surface area contributed by atoms with Crippen LogP contribution in [0.15, 0.2) is 24.3 Å². The summed E-state index contributed by atoms with van der Waals surface area (Å²) < 4.78 is 3.98. The number of halogens is 2. The van der Waals surface area contributed by atoms with Crippen molar-refractivity contribution in [3.63, 3.8) is 0 Å². The lowest BCUT2D eigenvalue weighted by Crippen LogP contribution is -2.10. The first kappa shape index (κ1) is 13.1. The van der Waals surface area contributed by atoms with Gasteiger partial charge in [0.1, 0.15) is 10.9 Å². The second-order valence-electron chi connectivity index (χ2n) is 4.05. The Hall–Kier alpha value is -1.33. The third kappa shape index (κ3) is 2.91. The van der Waals surface area contributed by atoms with Gasteiger partial charge in [0, 0.05) is 12.1 Å². The van der Waals surface area contributed by atoms with E-state index in [1.807, 2.05) is 0 Å². The third-order valence-corrected chi connectivity index (χ3v) is 3.45. The van der Waals surface area contributed by atoms with Gasteiger partial charge in [-0.2, -0.15) is 0 Å². The Morgan fingerprint density at radius 3 is 2.78 bits per heavy atom. The number of carbonyl (C=O) groups excluding carboxylic acids is 1. The molecular weight excluding hydrogens is 281 g/mol. The van der Waals surface area contributed by atoms with Crippen molar-refractivity contribution in [1.82, 2.24) is 0 Å². The largest absolute Gasteiger partial charge is 0.461 e. The van der Waals surface area contributed by atoms with Gasteiger partial charge in [0.05, 0.1) is 10.8 Å². The molecule has 5 nitrogen and oxygen atoms in total. The van der Waals surface area contributed by atoms with E-state index in [4.69, 9.17) is 27.9 Å². The Morgan fingerprint density at radius 1 is 1.56 bits per heavy atom. The number of nitro groups is 1. The monoisotopic (exact) mass is 289 g/mol. The first-order chi connectivity index (χ1) is 8.40. The van der Waals surface area contributed by atoms with Crippen LogP contribution in [0.25, 0.3) is 0 Å². The molecule has 1 aromatic rings. The SMILES string of the molecule is O=C(OCc1cccc([N+](=O)[O-])c1)C1CC1(Cl)Cl. The Labute approximate surface area is 113 Å². The van der Waals surface area contributed by atoms with Crippen LogP contribution < -0.4 is 0 Å². The Balaban J connectivity index is 1.92. The highest BCUT2D eigenvalue weighted by Crippen LogP contribution is 2.53. The van der Waals surface area contributed by atoms with Crippen molar-refractivity contribution in [3.05, 3.63) is 39.9 Å². The van der Waals surface area contributed by atoms with Gasteiger partial charge in [0.25, 0.3) is 5.69 Å². The van der Waals surface area contributed by atoms with Gasteiger partial charge in [-0.05, 0) is 12.0 Å². The molecule has 0 bridgehead atoms. The van der Waals surface area contributed by atoms with Gasteiger partial charge in [-0.15, -0.1) is 23.2 Å². The Bertz CT molecular complexity index is 504. The molecule has 0 heterocycles. The molecule has 0 spiro atoms. The van der Waals surface area contributed by atoms with Crippen LogP contribution in [0.1, 0.15) is 12.0 Å². The van der Waals surface area contributed by atoms with Crippen LogP contribution in [0.4, 0.5) is 5.69 Å². The first-order valence-corrected chi connectivity index (χ1v) is 5.93. The summed E-state index contributed by atoms with van der Waals surface area (Å²) in [6.45, 7) is -0.0269. The van der Waals surface area contributed by atoms with E-state index in [0.717, 1.165) is 0 Å². The van der Waals surface area contributed by atoms with E-state index in [0.29, 0.717) is 12.0 Å². The predicted molar refractivity (Wildman–Crippen MR) is 65.4 cm³/mol. The predicted octanol–water partition coefficient (Wildman–Crippen LogP) is 2.83. The quantitative estimate of drug-likeness (QED) is 0.370. The molecule has 0 N–H and O–H groups in total. The fraction of sp³-hybridized carbons (Fsp3) is 0.364. The minimum atomic E-state index is -1.01. The molecule has 1 fully saturated rings. The fourth-order valence-corrected chi connectivity index (χ4v) is 1.97. The van der Waals surface area contributed by atoms with E-state index in [9.17, 15) is 14.9 Å². The van der Waals surface area contributed by atoms with Gasteiger partial charge >= 0.3 is 5.97 Å². The minimum Gasteiger partial charge on any atom is -0.461 e. The normalized spacial score (nSPS) is 20.2. The molecule has 1 aromatic carbocycles. The lowest BCUT2D eigenvalue weighted by molar-refractivity contribution is -0.384. The number of hydrogen-bond acceptors (Lipinski definition) is 4. The van der Waals surface area contributed by atoms with Gasteiger partial charge < -0.3 is 4.74 Å². The summed E-state index contributed by atoms with van der Waals surface area (Å²) in [6, 6.07) is 5.90. The van der Waals surface area contributed by atoms with E-state index in [-0.39, 0.29) is 12.3 Å². The van der Waals surface area contributed by atoms with Gasteiger partial charge in [-0.25, -0.2) is 0 Å². The molecule has 0 saturated heterocycles. The first-order valence-electron chi connectivity index (χ1n) is 5.18. The zero-order valence-corrected chi connectivity index (χ0v) is 10.6. The molecule has 2 rings (SSSR count). The number of hydrogen-bond donors (Lipinski definition) is 0. The number of ether oxygens (including phenoxy) is 1. The molecule has 18 heavy (non-hydrogen) atoms. The van der Waals surface area contributed by atoms with E-state index >= 15 is 0 Å². The van der Waals surface area contributed by atoms with Crippen LogP contribution >= 0.6 is 23.2 Å². The number of non-ortho nitro benzene ring substituents is 1. The summed E-state index contributed by atoms with van der Waals surface area (Å²) in [6.07, 6.45) is 0.379. The standard InChI is InChI=1S/C11H9Cl2NO4/c12-11(13)5-9(11)10(15)18-6-7-2-1-3-8(4-7)14(16)17/h1-4,9H,5-6H2. The summed E-state index contributed by atoms with van der Waals surface area (Å²) in [5.74, 6) is -0.981. The smallest absolute Gasteiger partial charge is 0.312 e. The summed E-state index contributed by atoms with van der Waals surface area (Å²) in [4.78, 5) is 21.5. The van der Waals surface area contributed by atoms with Gasteiger partial charge in [-0.1, -0.05) is 12.1 Å². The van der Waals surface area contributed by atoms with Crippen LogP contribution in [-0.4, -0.2) is 15.2 Å². The molecule has 0 aromatic heterocycles. The average molecular weight is 290 g/mol. The highest BCUT2D eigenvalue weighted by molar-refractivity contribution is 6.52. The molecule has 7 heteroatoms. The average Bonchev–Trinajstić information content (AvgIpc) is 2.96. The third-order valence-electron chi connectivity index (χ3n) is 2.61. The molecule has 1 unspecified atom stereocenters. The van der Waals surface area contributed by atoms with Crippen molar-refractivity contribution in [2.24, 2.45) is 5.92 Å². The van der Waals surface area contributed by atoms with Crippen molar-refractivity contribution >= 4 is 34.9 Å². The van der Waals surface area contributed by atoms with E-state index in [1.165, 1.54) is 18.2 Å². The summed E-state index contributed by atoms with van der Waals surface area (Å²) in [7, 11) is 0. The lowest BCUT2D eigenvalue weighted by Gasteiger charge is -2.04. The number of rotatable bonds is 4. The van der Waals surface area contributed by atoms with E-state index < -0.39 is 21.1 Å². The van der Waals surface area contributed by atoms with Crippen LogP contribution in [0.3, 0.4) is 0 Å². The minimum absolute atomic E-state index is 0.0269. The second kappa shape index (κ2) is 4.74. The highest BCUT2D eigenvalue weighted by Gasteiger charge is 2.57. The molecule has 1 aliphatic carbocycles. The number of alkyl halides is 2. The maximum atomic E-state index is 11.5. The van der Waals surface area contributed by atoms with Crippen molar-refractivity contribution in [1.29, 1.82) is 0 Å². The van der Waals surface area contributed by atoms with Crippen LogP contribution in [0.2, 0.25) is 0 Å². The van der Waals surface area contributed by atoms with Crippen LogP contribution in [0.5, 0.6) is 0 Å². The number of nitro benzene ring substituents is 1. The molecule has 0 amide bonds. The van der Waals surface area contributed by atoms with Gasteiger partial charge in [0.2, 0.25) is 0 Å². The van der Waals surface area contributed by atoms with Crippen molar-refractivity contribution in [3.8, 4) is 0 Å². The number of benzene rings is 1. The molecule has 1 aliphatic rings. The second-order valence-corrected chi connectivity index (χ2v) is 5.59. The molecular formula is C11H9Cl2NO4. The van der Waals surface area contributed by atoms with Crippen molar-refractivity contribution in [2.45, 2.75) is 17.4 Å². The van der Waals surface area contributed by atoms with E-state index in [2.05, 4.69) is 0 Å². The molecule has 96 valence electrons. The Kier molecular flexibility index (Phi) is 3.45. The zero-order valence-electron chi connectivity index (χ0n) is 9.14. The maximum Gasteiger partial charge on any atom is 0.312 e. The van der Waals surface area contributed by atoms with Crippen molar-refractivity contribution < 1.29 is 14.5 Å². The number of esters is 1. The fourth-order valence-electron chi connectivity index (χ4n) is 1.48. The van der Waals surface area contributed by atoms with Crippen LogP contribution in [0, 0.1) is 16.0 Å². The Morgan fingerprint density at radius 2 is 2.22 bits per heavy atom. The molecule has 0 radical (unpaired) electrons. The molecule has 1 saturated carbocycles. The van der Waals surface area contributed by atoms with Crippen LogP contribution in [-0.2, 0) is 16.1 Å². The molecule has 1 atom stereocenters. The van der Waals surface area contributed by atoms with E-state index in [1.54, 1.807) is 6.07 Å². The van der Waals surface area contributed by atoms with Gasteiger partial charge in [-0.3, -0.25) is 14.9 Å². The maximum absolute atomic E-state index is 11.5. The zero-order chi connectivity index (χ0) is 13.3. The molecule has 0 aliphatic heterocycles. The topological polar surface area (TPSA) is 69.4 Å². The summed E-state index contributed by atoms with van der Waals surface area (Å²) in [5.41, 5.74) is 0.506. The number of carbonyl (C=O) groups is 1. The summed E-state index contributed by atoms with van der Waals surface area (Å²) >= 11 is 11.5. The number of nitrogens with zero attached hydrogens (tertiary/aromatic N) is 1. The highest BCUT2D eigenvalue weighted by atomic mass is 35.5. The van der Waals surface area contributed by atoms with Gasteiger partial charge in [0.15, 0.2) is 0 Å². The summed E-state index contributed by atoms with van der Waals surface area (Å²) in [5, 5.41) is 10.6. The lowest BCUT2D eigenvalue weighted by atomic mass is 10.2.